The molecule has 0 aliphatic heterocycles. The molecule has 1 atom stereocenters. The molecule has 0 rings (SSSR count). The van der Waals surface area contributed by atoms with Crippen LogP contribution in [0.5, 0.6) is 0 Å². The van der Waals surface area contributed by atoms with Gasteiger partial charge in [-0.25, -0.2) is 0 Å². The Labute approximate surface area is 73.6 Å². The Morgan fingerprint density at radius 1 is 1.42 bits per heavy atom. The minimum Gasteiger partial charge on any atom is -0.481 e. The lowest BCUT2D eigenvalue weighted by atomic mass is 9.99. The van der Waals surface area contributed by atoms with Crippen LogP contribution in [0.3, 0.4) is 0 Å². The molecule has 2 nitrogen and oxygen atoms in total. The van der Waals surface area contributed by atoms with Crippen molar-refractivity contribution in [1.82, 2.24) is 0 Å². The summed E-state index contributed by atoms with van der Waals surface area (Å²) in [7, 11) is 0. The lowest BCUT2D eigenvalue weighted by molar-refractivity contribution is -0.141. The van der Waals surface area contributed by atoms with Crippen molar-refractivity contribution < 1.29 is 9.90 Å². The van der Waals surface area contributed by atoms with E-state index in [-0.39, 0.29) is 5.92 Å². The zero-order chi connectivity index (χ0) is 9.40. The summed E-state index contributed by atoms with van der Waals surface area (Å²) in [5.41, 5.74) is 0. The molecule has 2 heteroatoms. The molecule has 12 heavy (non-hydrogen) atoms. The molecule has 0 saturated heterocycles. The highest BCUT2D eigenvalue weighted by molar-refractivity contribution is 5.70. The van der Waals surface area contributed by atoms with Gasteiger partial charge in [-0.05, 0) is 25.7 Å². The Morgan fingerprint density at radius 3 is 2.50 bits per heavy atom. The third-order valence-electron chi connectivity index (χ3n) is 1.76. The maximum absolute atomic E-state index is 10.6. The summed E-state index contributed by atoms with van der Waals surface area (Å²) in [6.45, 7) is 7.11. The predicted molar refractivity (Wildman–Crippen MR) is 50.0 cm³/mol. The second kappa shape index (κ2) is 6.65. The van der Waals surface area contributed by atoms with E-state index in [1.807, 2.05) is 6.08 Å². The second-order valence-electron chi connectivity index (χ2n) is 2.78. The van der Waals surface area contributed by atoms with Crippen molar-refractivity contribution in [1.29, 1.82) is 0 Å². The highest BCUT2D eigenvalue weighted by Gasteiger charge is 2.13. The van der Waals surface area contributed by atoms with Gasteiger partial charge in [0.2, 0.25) is 0 Å². The Hall–Kier alpha value is -1.05. The molecule has 1 unspecified atom stereocenters. The van der Waals surface area contributed by atoms with Crippen LogP contribution < -0.4 is 0 Å². The molecule has 1 N–H and O–H groups in total. The van der Waals surface area contributed by atoms with Gasteiger partial charge in [-0.15, -0.1) is 13.2 Å². The Bertz CT molecular complexity index is 161. The van der Waals surface area contributed by atoms with Crippen LogP contribution >= 0.6 is 0 Å². The molecule has 0 aromatic heterocycles. The fourth-order valence-electron chi connectivity index (χ4n) is 1.05. The standard InChI is InChI=1S/C10H16O2/c1-3-5-6-8-9(7-4-2)10(11)12/h3-4,9H,1-2,5-8H2,(H,11,12). The Balaban J connectivity index is 3.70. The quantitative estimate of drug-likeness (QED) is 0.468. The zero-order valence-corrected chi connectivity index (χ0v) is 7.33. The van der Waals surface area contributed by atoms with Crippen LogP contribution in [-0.2, 0) is 4.79 Å². The molecule has 0 radical (unpaired) electrons. The van der Waals surface area contributed by atoms with Crippen molar-refractivity contribution in [3.05, 3.63) is 25.3 Å². The summed E-state index contributed by atoms with van der Waals surface area (Å²) in [6, 6.07) is 0. The first-order valence-corrected chi connectivity index (χ1v) is 4.17. The van der Waals surface area contributed by atoms with Crippen molar-refractivity contribution in [2.75, 3.05) is 0 Å². The van der Waals surface area contributed by atoms with E-state index in [2.05, 4.69) is 13.2 Å². The minimum absolute atomic E-state index is 0.262. The number of aliphatic carboxylic acids is 1. The third-order valence-corrected chi connectivity index (χ3v) is 1.76. The average Bonchev–Trinajstić information content (AvgIpc) is 2.03. The Kier molecular flexibility index (Phi) is 6.07. The van der Waals surface area contributed by atoms with Crippen LogP contribution in [0.2, 0.25) is 0 Å². The minimum atomic E-state index is -0.723. The monoisotopic (exact) mass is 168 g/mol. The van der Waals surface area contributed by atoms with Gasteiger partial charge in [0.15, 0.2) is 0 Å². The maximum atomic E-state index is 10.6. The van der Waals surface area contributed by atoms with E-state index in [1.54, 1.807) is 6.08 Å². The number of carboxylic acids is 1. The molecule has 0 aromatic rings. The van der Waals surface area contributed by atoms with Crippen LogP contribution in [0.1, 0.15) is 25.7 Å². The van der Waals surface area contributed by atoms with Crippen LogP contribution in [0.25, 0.3) is 0 Å². The van der Waals surface area contributed by atoms with Crippen LogP contribution in [0, 0.1) is 5.92 Å². The highest BCUT2D eigenvalue weighted by atomic mass is 16.4. The van der Waals surface area contributed by atoms with Gasteiger partial charge in [0.25, 0.3) is 0 Å². The summed E-state index contributed by atoms with van der Waals surface area (Å²) in [4.78, 5) is 10.6. The summed E-state index contributed by atoms with van der Waals surface area (Å²) >= 11 is 0. The van der Waals surface area contributed by atoms with Crippen molar-refractivity contribution >= 4 is 5.97 Å². The predicted octanol–water partition coefficient (Wildman–Crippen LogP) is 2.62. The van der Waals surface area contributed by atoms with Gasteiger partial charge in [-0.3, -0.25) is 4.79 Å². The maximum Gasteiger partial charge on any atom is 0.306 e. The number of allylic oxidation sites excluding steroid dienone is 2. The van der Waals surface area contributed by atoms with E-state index in [1.165, 1.54) is 0 Å². The van der Waals surface area contributed by atoms with Crippen LogP contribution in [-0.4, -0.2) is 11.1 Å². The molecular weight excluding hydrogens is 152 g/mol. The first kappa shape index (κ1) is 11.0. The molecule has 0 aliphatic carbocycles. The van der Waals surface area contributed by atoms with Crippen LogP contribution in [0.15, 0.2) is 25.3 Å². The summed E-state index contributed by atoms with van der Waals surface area (Å²) < 4.78 is 0. The van der Waals surface area contributed by atoms with E-state index >= 15 is 0 Å². The number of unbranched alkanes of at least 4 members (excludes halogenated alkanes) is 1. The molecule has 0 aromatic carbocycles. The molecule has 0 heterocycles. The SMILES string of the molecule is C=CCCCC(CC=C)C(=O)O. The van der Waals surface area contributed by atoms with Gasteiger partial charge in [0.1, 0.15) is 0 Å². The summed E-state index contributed by atoms with van der Waals surface area (Å²) in [5.74, 6) is -0.985. The molecule has 0 aliphatic rings. The average molecular weight is 168 g/mol. The first-order chi connectivity index (χ1) is 5.72. The molecule has 68 valence electrons. The topological polar surface area (TPSA) is 37.3 Å². The van der Waals surface area contributed by atoms with Gasteiger partial charge in [0.05, 0.1) is 5.92 Å². The second-order valence-corrected chi connectivity index (χ2v) is 2.78. The molecule has 0 spiro atoms. The third kappa shape index (κ3) is 4.72. The molecular formula is C10H16O2. The molecule has 0 fully saturated rings. The van der Waals surface area contributed by atoms with Gasteiger partial charge >= 0.3 is 5.97 Å². The lowest BCUT2D eigenvalue weighted by Crippen LogP contribution is -2.12. The van der Waals surface area contributed by atoms with E-state index in [9.17, 15) is 4.79 Å². The van der Waals surface area contributed by atoms with Gasteiger partial charge < -0.3 is 5.11 Å². The number of rotatable bonds is 7. The largest absolute Gasteiger partial charge is 0.481 e. The molecule has 0 bridgehead atoms. The van der Waals surface area contributed by atoms with Gasteiger partial charge in [-0.2, -0.15) is 0 Å². The van der Waals surface area contributed by atoms with E-state index in [0.717, 1.165) is 12.8 Å². The van der Waals surface area contributed by atoms with Crippen molar-refractivity contribution in [3.8, 4) is 0 Å². The van der Waals surface area contributed by atoms with E-state index < -0.39 is 5.97 Å². The fourth-order valence-corrected chi connectivity index (χ4v) is 1.05. The fraction of sp³-hybridized carbons (Fsp3) is 0.500. The van der Waals surface area contributed by atoms with Gasteiger partial charge in [-0.1, -0.05) is 12.2 Å². The van der Waals surface area contributed by atoms with E-state index in [4.69, 9.17) is 5.11 Å². The summed E-state index contributed by atoms with van der Waals surface area (Å²) in [6.07, 6.45) is 6.54. The van der Waals surface area contributed by atoms with E-state index in [0.29, 0.717) is 12.8 Å². The molecule has 0 amide bonds. The Morgan fingerprint density at radius 2 is 2.08 bits per heavy atom. The smallest absolute Gasteiger partial charge is 0.306 e. The summed E-state index contributed by atoms with van der Waals surface area (Å²) in [5, 5.41) is 8.73. The van der Waals surface area contributed by atoms with Crippen molar-refractivity contribution in [3.63, 3.8) is 0 Å². The van der Waals surface area contributed by atoms with Gasteiger partial charge in [0, 0.05) is 0 Å². The number of carbonyl (C=O) groups is 1. The highest BCUT2D eigenvalue weighted by Crippen LogP contribution is 2.13. The zero-order valence-electron chi connectivity index (χ0n) is 7.33. The lowest BCUT2D eigenvalue weighted by Gasteiger charge is -2.07. The first-order valence-electron chi connectivity index (χ1n) is 4.17. The van der Waals surface area contributed by atoms with Crippen LogP contribution in [0.4, 0.5) is 0 Å². The number of hydrogen-bond donors (Lipinski definition) is 1. The number of carboxylic acid groups (broad SMARTS) is 1. The van der Waals surface area contributed by atoms with Crippen molar-refractivity contribution in [2.45, 2.75) is 25.7 Å². The normalized spacial score (nSPS) is 12.0. The number of hydrogen-bond acceptors (Lipinski definition) is 1. The van der Waals surface area contributed by atoms with Crippen molar-refractivity contribution in [2.24, 2.45) is 5.92 Å². The molecule has 0 saturated carbocycles.